The topological polar surface area (TPSA) is 86.3 Å². The van der Waals surface area contributed by atoms with Crippen LogP contribution in [-0.4, -0.2) is 17.1 Å². The van der Waals surface area contributed by atoms with Gasteiger partial charge >= 0.3 is 0 Å². The molecule has 0 radical (unpaired) electrons. The Morgan fingerprint density at radius 1 is 1.40 bits per heavy atom. The van der Waals surface area contributed by atoms with Crippen molar-refractivity contribution < 1.29 is 9.53 Å². The SMILES string of the molecule is CCOc1ccc2c(=O)ccn(CCC(=O)NN)c2c1. The molecular weight excluding hydrogens is 258 g/mol. The monoisotopic (exact) mass is 275 g/mol. The van der Waals surface area contributed by atoms with Gasteiger partial charge in [0.2, 0.25) is 5.91 Å². The Morgan fingerprint density at radius 3 is 2.90 bits per heavy atom. The summed E-state index contributed by atoms with van der Waals surface area (Å²) in [5.41, 5.74) is 2.78. The zero-order valence-electron chi connectivity index (χ0n) is 11.3. The van der Waals surface area contributed by atoms with E-state index in [1.54, 1.807) is 24.4 Å². The number of aryl methyl sites for hydroxylation is 1. The van der Waals surface area contributed by atoms with Crippen molar-refractivity contribution in [2.45, 2.75) is 19.9 Å². The van der Waals surface area contributed by atoms with E-state index in [-0.39, 0.29) is 17.8 Å². The Morgan fingerprint density at radius 2 is 2.20 bits per heavy atom. The molecule has 1 aromatic carbocycles. The number of rotatable bonds is 5. The molecule has 0 aliphatic heterocycles. The Labute approximate surface area is 116 Å². The number of benzene rings is 1. The highest BCUT2D eigenvalue weighted by Crippen LogP contribution is 2.19. The molecule has 0 saturated heterocycles. The average Bonchev–Trinajstić information content (AvgIpc) is 2.46. The third-order valence-corrected chi connectivity index (χ3v) is 3.00. The number of hydrogen-bond acceptors (Lipinski definition) is 4. The highest BCUT2D eigenvalue weighted by atomic mass is 16.5. The average molecular weight is 275 g/mol. The molecule has 3 N–H and O–H groups in total. The standard InChI is InChI=1S/C14H17N3O3/c1-2-20-10-3-4-11-12(9-10)17(7-5-13(11)18)8-6-14(19)16-15/h3-5,7,9H,2,6,8,15H2,1H3,(H,16,19). The maximum Gasteiger partial charge on any atom is 0.235 e. The first-order valence-corrected chi connectivity index (χ1v) is 6.41. The van der Waals surface area contributed by atoms with Gasteiger partial charge in [-0.25, -0.2) is 5.84 Å². The van der Waals surface area contributed by atoms with Crippen LogP contribution in [0.4, 0.5) is 0 Å². The number of amides is 1. The fourth-order valence-electron chi connectivity index (χ4n) is 2.03. The number of aromatic nitrogens is 1. The molecule has 6 nitrogen and oxygen atoms in total. The van der Waals surface area contributed by atoms with Gasteiger partial charge in [-0.2, -0.15) is 0 Å². The van der Waals surface area contributed by atoms with Gasteiger partial charge in [0, 0.05) is 36.7 Å². The molecular formula is C14H17N3O3. The summed E-state index contributed by atoms with van der Waals surface area (Å²) in [5, 5.41) is 0.601. The molecule has 0 fully saturated rings. The number of hydrazine groups is 1. The number of fused-ring (bicyclic) bond motifs is 1. The van der Waals surface area contributed by atoms with E-state index in [1.807, 2.05) is 11.5 Å². The van der Waals surface area contributed by atoms with Crippen molar-refractivity contribution in [3.8, 4) is 5.75 Å². The molecule has 2 rings (SSSR count). The number of pyridine rings is 1. The second-order valence-electron chi connectivity index (χ2n) is 4.30. The third kappa shape index (κ3) is 2.97. The van der Waals surface area contributed by atoms with Crippen LogP contribution in [0.1, 0.15) is 13.3 Å². The Kier molecular flexibility index (Phi) is 4.37. The van der Waals surface area contributed by atoms with E-state index in [2.05, 4.69) is 5.43 Å². The van der Waals surface area contributed by atoms with Gasteiger partial charge in [0.15, 0.2) is 5.43 Å². The Bertz CT molecular complexity index is 679. The minimum Gasteiger partial charge on any atom is -0.494 e. The largest absolute Gasteiger partial charge is 0.494 e. The lowest BCUT2D eigenvalue weighted by molar-refractivity contribution is -0.121. The molecule has 0 atom stereocenters. The first-order chi connectivity index (χ1) is 9.65. The number of nitrogens with two attached hydrogens (primary N) is 1. The second kappa shape index (κ2) is 6.21. The predicted octanol–water partition coefficient (Wildman–Crippen LogP) is 0.780. The molecule has 0 aliphatic carbocycles. The number of carbonyl (C=O) groups excluding carboxylic acids is 1. The van der Waals surface area contributed by atoms with Gasteiger partial charge in [0.05, 0.1) is 12.1 Å². The maximum absolute atomic E-state index is 11.8. The van der Waals surface area contributed by atoms with Crippen molar-refractivity contribution in [1.29, 1.82) is 0 Å². The van der Waals surface area contributed by atoms with Crippen molar-refractivity contribution in [2.75, 3.05) is 6.61 Å². The number of nitrogens with zero attached hydrogens (tertiary/aromatic N) is 1. The number of hydrogen-bond donors (Lipinski definition) is 2. The zero-order valence-corrected chi connectivity index (χ0v) is 11.3. The van der Waals surface area contributed by atoms with Crippen LogP contribution >= 0.6 is 0 Å². The summed E-state index contributed by atoms with van der Waals surface area (Å²) in [4.78, 5) is 23.1. The van der Waals surface area contributed by atoms with Crippen LogP contribution in [0, 0.1) is 0 Å². The first kappa shape index (κ1) is 14.1. The van der Waals surface area contributed by atoms with Crippen LogP contribution in [-0.2, 0) is 11.3 Å². The summed E-state index contributed by atoms with van der Waals surface area (Å²) in [7, 11) is 0. The lowest BCUT2D eigenvalue weighted by Gasteiger charge is -2.11. The van der Waals surface area contributed by atoms with Crippen molar-refractivity contribution in [3.05, 3.63) is 40.7 Å². The number of nitrogens with one attached hydrogen (secondary N) is 1. The van der Waals surface area contributed by atoms with E-state index in [0.717, 1.165) is 5.52 Å². The normalized spacial score (nSPS) is 10.5. The zero-order chi connectivity index (χ0) is 14.5. The minimum atomic E-state index is -0.252. The van der Waals surface area contributed by atoms with E-state index < -0.39 is 0 Å². The molecule has 1 amide bonds. The van der Waals surface area contributed by atoms with E-state index in [0.29, 0.717) is 24.3 Å². The van der Waals surface area contributed by atoms with Gasteiger partial charge in [0.1, 0.15) is 5.75 Å². The highest BCUT2D eigenvalue weighted by Gasteiger charge is 2.06. The lowest BCUT2D eigenvalue weighted by atomic mass is 10.2. The van der Waals surface area contributed by atoms with E-state index in [9.17, 15) is 9.59 Å². The minimum absolute atomic E-state index is 0.0532. The molecule has 1 aromatic heterocycles. The molecule has 1 heterocycles. The molecule has 0 bridgehead atoms. The van der Waals surface area contributed by atoms with Gasteiger partial charge in [-0.1, -0.05) is 0 Å². The summed E-state index contributed by atoms with van der Waals surface area (Å²) in [5.74, 6) is 5.50. The molecule has 0 aliphatic rings. The van der Waals surface area contributed by atoms with Crippen LogP contribution in [0.15, 0.2) is 35.3 Å². The van der Waals surface area contributed by atoms with Gasteiger partial charge in [-0.3, -0.25) is 15.0 Å². The van der Waals surface area contributed by atoms with Crippen LogP contribution < -0.4 is 21.4 Å². The summed E-state index contributed by atoms with van der Waals surface area (Å²) in [6, 6.07) is 6.80. The quantitative estimate of drug-likeness (QED) is 0.479. The first-order valence-electron chi connectivity index (χ1n) is 6.41. The third-order valence-electron chi connectivity index (χ3n) is 3.00. The number of carbonyl (C=O) groups is 1. The van der Waals surface area contributed by atoms with Crippen LogP contribution in [0.25, 0.3) is 10.9 Å². The Balaban J connectivity index is 2.42. The van der Waals surface area contributed by atoms with Gasteiger partial charge < -0.3 is 9.30 Å². The molecule has 0 spiro atoms. The summed E-state index contributed by atoms with van der Waals surface area (Å²) in [6.45, 7) is 2.89. The fraction of sp³-hybridized carbons (Fsp3) is 0.286. The molecule has 2 aromatic rings. The van der Waals surface area contributed by atoms with Crippen LogP contribution in [0.3, 0.4) is 0 Å². The van der Waals surface area contributed by atoms with Gasteiger partial charge in [0.25, 0.3) is 0 Å². The van der Waals surface area contributed by atoms with Crippen molar-refractivity contribution in [1.82, 2.24) is 9.99 Å². The second-order valence-corrected chi connectivity index (χ2v) is 4.30. The van der Waals surface area contributed by atoms with Gasteiger partial charge in [-0.15, -0.1) is 0 Å². The smallest absolute Gasteiger partial charge is 0.235 e. The predicted molar refractivity (Wildman–Crippen MR) is 76.3 cm³/mol. The molecule has 0 saturated carbocycles. The van der Waals surface area contributed by atoms with E-state index in [1.165, 1.54) is 6.07 Å². The summed E-state index contributed by atoms with van der Waals surface area (Å²) < 4.78 is 7.28. The van der Waals surface area contributed by atoms with Crippen molar-refractivity contribution in [2.24, 2.45) is 5.84 Å². The highest BCUT2D eigenvalue weighted by molar-refractivity contribution is 5.81. The van der Waals surface area contributed by atoms with Crippen molar-refractivity contribution >= 4 is 16.8 Å². The summed E-state index contributed by atoms with van der Waals surface area (Å²) in [6.07, 6.45) is 1.91. The fourth-order valence-corrected chi connectivity index (χ4v) is 2.03. The molecule has 6 heteroatoms. The van der Waals surface area contributed by atoms with Crippen LogP contribution in [0.2, 0.25) is 0 Å². The van der Waals surface area contributed by atoms with Gasteiger partial charge in [-0.05, 0) is 19.1 Å². The molecule has 0 unspecified atom stereocenters. The summed E-state index contributed by atoms with van der Waals surface area (Å²) >= 11 is 0. The van der Waals surface area contributed by atoms with E-state index >= 15 is 0 Å². The molecule has 106 valence electrons. The maximum atomic E-state index is 11.8. The number of ether oxygens (including phenoxy) is 1. The Hall–Kier alpha value is -2.34. The van der Waals surface area contributed by atoms with Crippen molar-refractivity contribution in [3.63, 3.8) is 0 Å². The van der Waals surface area contributed by atoms with E-state index in [4.69, 9.17) is 10.6 Å². The molecule has 20 heavy (non-hydrogen) atoms. The van der Waals surface area contributed by atoms with Crippen LogP contribution in [0.5, 0.6) is 5.75 Å². The lowest BCUT2D eigenvalue weighted by Crippen LogP contribution is -2.30.